The molecule has 1 aromatic carbocycles. The molecule has 2 rings (SSSR count). The summed E-state index contributed by atoms with van der Waals surface area (Å²) in [7, 11) is 1.58. The first kappa shape index (κ1) is 14.3. The Balaban J connectivity index is 2.15. The van der Waals surface area contributed by atoms with E-state index >= 15 is 0 Å². The molecular weight excluding hydrogens is 254 g/mol. The van der Waals surface area contributed by atoms with Gasteiger partial charge in [0.05, 0.1) is 18.9 Å². The third kappa shape index (κ3) is 3.48. The van der Waals surface area contributed by atoms with Crippen LogP contribution >= 0.6 is 0 Å². The third-order valence-corrected chi connectivity index (χ3v) is 2.99. The molecule has 20 heavy (non-hydrogen) atoms. The van der Waals surface area contributed by atoms with Crippen LogP contribution < -0.4 is 9.47 Å². The first-order chi connectivity index (χ1) is 9.60. The Morgan fingerprint density at radius 1 is 1.25 bits per heavy atom. The third-order valence-electron chi connectivity index (χ3n) is 2.99. The second-order valence-electron chi connectivity index (χ2n) is 4.68. The van der Waals surface area contributed by atoms with Crippen molar-refractivity contribution in [3.63, 3.8) is 0 Å². The van der Waals surface area contributed by atoms with Crippen LogP contribution in [-0.4, -0.2) is 17.2 Å². The minimum Gasteiger partial charge on any atom is -0.487 e. The summed E-state index contributed by atoms with van der Waals surface area (Å²) >= 11 is 0. The zero-order valence-corrected chi connectivity index (χ0v) is 12.0. The Morgan fingerprint density at radius 2 is 2.05 bits per heavy atom. The maximum atomic E-state index is 9.76. The number of pyridine rings is 1. The maximum Gasteiger partial charge on any atom is 0.213 e. The van der Waals surface area contributed by atoms with Gasteiger partial charge in [-0.2, -0.15) is 0 Å². The van der Waals surface area contributed by atoms with Crippen LogP contribution in [0.25, 0.3) is 0 Å². The molecular formula is C16H19NO3. The van der Waals surface area contributed by atoms with Crippen molar-refractivity contribution >= 4 is 0 Å². The lowest BCUT2D eigenvalue weighted by molar-refractivity contribution is 0.189. The molecule has 0 amide bonds. The lowest BCUT2D eigenvalue weighted by Gasteiger charge is -2.14. The molecule has 0 fully saturated rings. The van der Waals surface area contributed by atoms with Crippen molar-refractivity contribution in [2.45, 2.75) is 26.6 Å². The molecule has 0 spiro atoms. The van der Waals surface area contributed by atoms with E-state index in [9.17, 15) is 5.11 Å². The van der Waals surface area contributed by atoms with E-state index in [4.69, 9.17) is 9.47 Å². The number of hydrogen-bond donors (Lipinski definition) is 1. The largest absolute Gasteiger partial charge is 0.487 e. The number of aryl methyl sites for hydroxylation is 1. The van der Waals surface area contributed by atoms with Gasteiger partial charge in [-0.15, -0.1) is 0 Å². The van der Waals surface area contributed by atoms with Crippen LogP contribution in [0.5, 0.6) is 11.6 Å². The van der Waals surface area contributed by atoms with E-state index in [2.05, 4.69) is 4.98 Å². The van der Waals surface area contributed by atoms with E-state index in [0.717, 1.165) is 16.8 Å². The molecule has 1 heterocycles. The Kier molecular flexibility index (Phi) is 4.58. The van der Waals surface area contributed by atoms with E-state index in [0.29, 0.717) is 18.2 Å². The Hall–Kier alpha value is -2.07. The first-order valence-electron chi connectivity index (χ1n) is 6.51. The molecule has 106 valence electrons. The van der Waals surface area contributed by atoms with Crippen LogP contribution in [0.4, 0.5) is 0 Å². The molecule has 0 saturated heterocycles. The highest BCUT2D eigenvalue weighted by Crippen LogP contribution is 2.27. The molecule has 1 atom stereocenters. The molecule has 0 saturated carbocycles. The Morgan fingerprint density at radius 3 is 2.75 bits per heavy atom. The van der Waals surface area contributed by atoms with Gasteiger partial charge in [-0.25, -0.2) is 4.98 Å². The summed E-state index contributed by atoms with van der Waals surface area (Å²) in [6, 6.07) is 11.3. The second-order valence-corrected chi connectivity index (χ2v) is 4.68. The van der Waals surface area contributed by atoms with Crippen LogP contribution in [0.3, 0.4) is 0 Å². The summed E-state index contributed by atoms with van der Waals surface area (Å²) in [6.45, 7) is 4.05. The zero-order chi connectivity index (χ0) is 14.5. The van der Waals surface area contributed by atoms with Gasteiger partial charge in [0.2, 0.25) is 5.88 Å². The highest BCUT2D eigenvalue weighted by molar-refractivity contribution is 5.38. The molecule has 4 heteroatoms. The summed E-state index contributed by atoms with van der Waals surface area (Å²) in [5, 5.41) is 9.76. The van der Waals surface area contributed by atoms with E-state index in [1.54, 1.807) is 20.1 Å². The van der Waals surface area contributed by atoms with E-state index in [1.165, 1.54) is 0 Å². The first-order valence-corrected chi connectivity index (χ1v) is 6.51. The van der Waals surface area contributed by atoms with E-state index in [-0.39, 0.29) is 0 Å². The summed E-state index contributed by atoms with van der Waals surface area (Å²) in [4.78, 5) is 4.29. The van der Waals surface area contributed by atoms with Gasteiger partial charge < -0.3 is 14.6 Å². The highest BCUT2D eigenvalue weighted by atomic mass is 16.5. The van der Waals surface area contributed by atoms with Crippen molar-refractivity contribution in [2.75, 3.05) is 7.11 Å². The average molecular weight is 273 g/mol. The predicted molar refractivity (Wildman–Crippen MR) is 76.9 cm³/mol. The number of methoxy groups -OCH3 is 1. The van der Waals surface area contributed by atoms with Gasteiger partial charge in [-0.1, -0.05) is 18.2 Å². The lowest BCUT2D eigenvalue weighted by Crippen LogP contribution is -2.03. The number of ether oxygens (including phenoxy) is 2. The summed E-state index contributed by atoms with van der Waals surface area (Å²) in [5.74, 6) is 1.25. The van der Waals surface area contributed by atoms with Gasteiger partial charge >= 0.3 is 0 Å². The highest BCUT2D eigenvalue weighted by Gasteiger charge is 2.10. The smallest absolute Gasteiger partial charge is 0.213 e. The molecule has 4 nitrogen and oxygen atoms in total. The van der Waals surface area contributed by atoms with Crippen LogP contribution in [-0.2, 0) is 6.61 Å². The molecule has 1 unspecified atom stereocenters. The molecule has 2 aromatic rings. The minimum absolute atomic E-state index is 0.334. The number of nitrogens with zero attached hydrogens (tertiary/aromatic N) is 1. The Labute approximate surface area is 119 Å². The molecule has 0 radical (unpaired) electrons. The summed E-state index contributed by atoms with van der Waals surface area (Å²) in [6.07, 6.45) is -0.566. The zero-order valence-electron chi connectivity index (χ0n) is 12.0. The van der Waals surface area contributed by atoms with Gasteiger partial charge in [0.1, 0.15) is 12.4 Å². The lowest BCUT2D eigenvalue weighted by atomic mass is 10.1. The minimum atomic E-state index is -0.566. The van der Waals surface area contributed by atoms with Gasteiger partial charge in [0.25, 0.3) is 0 Å². The Bertz CT molecular complexity index is 582. The normalized spacial score (nSPS) is 12.0. The average Bonchev–Trinajstić information content (AvgIpc) is 2.45. The number of aliphatic hydroxyl groups excluding tert-OH is 1. The van der Waals surface area contributed by atoms with Crippen LogP contribution in [0.2, 0.25) is 0 Å². The summed E-state index contributed by atoms with van der Waals surface area (Å²) in [5.41, 5.74) is 2.64. The molecule has 1 aromatic heterocycles. The van der Waals surface area contributed by atoms with Crippen molar-refractivity contribution in [1.29, 1.82) is 0 Å². The second kappa shape index (κ2) is 6.39. The topological polar surface area (TPSA) is 51.6 Å². The van der Waals surface area contributed by atoms with Gasteiger partial charge in [-0.05, 0) is 31.5 Å². The van der Waals surface area contributed by atoms with E-state index in [1.807, 2.05) is 37.3 Å². The van der Waals surface area contributed by atoms with Gasteiger partial charge in [-0.3, -0.25) is 0 Å². The van der Waals surface area contributed by atoms with E-state index < -0.39 is 6.10 Å². The standard InChI is InChI=1S/C16H19NO3/c1-11-7-8-14(12(2)18)15(9-11)20-10-13-5-4-6-16(17-13)19-3/h4-9,12,18H,10H2,1-3H3. The SMILES string of the molecule is COc1cccc(COc2cc(C)ccc2C(C)O)n1. The quantitative estimate of drug-likeness (QED) is 0.909. The van der Waals surface area contributed by atoms with Crippen molar-refractivity contribution in [3.8, 4) is 11.6 Å². The fourth-order valence-electron chi connectivity index (χ4n) is 1.92. The number of hydrogen-bond acceptors (Lipinski definition) is 4. The molecule has 1 N–H and O–H groups in total. The number of benzene rings is 1. The maximum absolute atomic E-state index is 9.76. The van der Waals surface area contributed by atoms with Crippen molar-refractivity contribution in [3.05, 3.63) is 53.2 Å². The molecule has 0 aliphatic rings. The van der Waals surface area contributed by atoms with Gasteiger partial charge in [0.15, 0.2) is 0 Å². The van der Waals surface area contributed by atoms with Crippen LogP contribution in [0, 0.1) is 6.92 Å². The van der Waals surface area contributed by atoms with Crippen LogP contribution in [0.15, 0.2) is 36.4 Å². The predicted octanol–water partition coefficient (Wildman–Crippen LogP) is 3.03. The van der Waals surface area contributed by atoms with Gasteiger partial charge in [0, 0.05) is 11.6 Å². The van der Waals surface area contributed by atoms with Crippen LogP contribution in [0.1, 0.15) is 29.8 Å². The monoisotopic (exact) mass is 273 g/mol. The number of aromatic nitrogens is 1. The van der Waals surface area contributed by atoms with Crippen molar-refractivity contribution < 1.29 is 14.6 Å². The number of aliphatic hydroxyl groups is 1. The fourth-order valence-corrected chi connectivity index (χ4v) is 1.92. The molecule has 0 aliphatic heterocycles. The number of rotatable bonds is 5. The fraction of sp³-hybridized carbons (Fsp3) is 0.312. The molecule has 0 aliphatic carbocycles. The summed E-state index contributed by atoms with van der Waals surface area (Å²) < 4.78 is 10.9. The van der Waals surface area contributed by atoms with Crippen molar-refractivity contribution in [1.82, 2.24) is 4.98 Å². The van der Waals surface area contributed by atoms with Crippen molar-refractivity contribution in [2.24, 2.45) is 0 Å². The molecule has 0 bridgehead atoms.